The second-order valence-electron chi connectivity index (χ2n) is 6.61. The smallest absolute Gasteiger partial charge is 0.417 e. The van der Waals surface area contributed by atoms with Gasteiger partial charge in [0.05, 0.1) is 28.9 Å². The van der Waals surface area contributed by atoms with Crippen LogP contribution in [0.3, 0.4) is 0 Å². The molecule has 168 valence electrons. The number of methoxy groups -OCH3 is 1. The van der Waals surface area contributed by atoms with Gasteiger partial charge in [0.25, 0.3) is 5.91 Å². The number of ether oxygens (including phenoxy) is 1. The number of carbonyl (C=O) groups is 2. The van der Waals surface area contributed by atoms with Crippen molar-refractivity contribution < 1.29 is 27.5 Å². The molecule has 0 aliphatic carbocycles. The minimum Gasteiger partial charge on any atom is -0.495 e. The van der Waals surface area contributed by atoms with Crippen LogP contribution in [0.5, 0.6) is 5.75 Å². The molecule has 5 nitrogen and oxygen atoms in total. The number of nitrogens with zero attached hydrogens (tertiary/aromatic N) is 2. The van der Waals surface area contributed by atoms with E-state index in [1.807, 2.05) is 26.8 Å². The fourth-order valence-electron chi connectivity index (χ4n) is 3.20. The Morgan fingerprint density at radius 1 is 1.13 bits per heavy atom. The molecule has 0 radical (unpaired) electrons. The number of alkyl halides is 3. The Balaban J connectivity index is 0.00000166. The SMILES string of the molecule is CC.COc1ccc(C)cc1N1CCN(C(=O)c2cccc(C(F)(F)F)c2Cl)CC1=O. The summed E-state index contributed by atoms with van der Waals surface area (Å²) in [6, 6.07) is 8.56. The van der Waals surface area contributed by atoms with E-state index in [4.69, 9.17) is 16.3 Å². The van der Waals surface area contributed by atoms with Crippen molar-refractivity contribution in [3.05, 3.63) is 58.1 Å². The molecule has 1 saturated heterocycles. The quantitative estimate of drug-likeness (QED) is 0.638. The Kier molecular flexibility index (Phi) is 7.95. The number of hydrogen-bond acceptors (Lipinski definition) is 3. The second-order valence-corrected chi connectivity index (χ2v) is 6.99. The Labute approximate surface area is 184 Å². The van der Waals surface area contributed by atoms with E-state index < -0.39 is 22.7 Å². The minimum atomic E-state index is -4.68. The fourth-order valence-corrected chi connectivity index (χ4v) is 3.51. The zero-order valence-electron chi connectivity index (χ0n) is 17.7. The topological polar surface area (TPSA) is 49.9 Å². The highest BCUT2D eigenvalue weighted by atomic mass is 35.5. The van der Waals surface area contributed by atoms with Crippen molar-refractivity contribution in [2.45, 2.75) is 26.9 Å². The van der Waals surface area contributed by atoms with Crippen molar-refractivity contribution >= 4 is 29.1 Å². The lowest BCUT2D eigenvalue weighted by Gasteiger charge is -2.35. The maximum atomic E-state index is 13.1. The maximum Gasteiger partial charge on any atom is 0.417 e. The van der Waals surface area contributed by atoms with Gasteiger partial charge in [0.15, 0.2) is 0 Å². The van der Waals surface area contributed by atoms with Crippen LogP contribution >= 0.6 is 11.6 Å². The molecule has 31 heavy (non-hydrogen) atoms. The first-order chi connectivity index (χ1) is 14.6. The number of carbonyl (C=O) groups excluding carboxylic acids is 2. The van der Waals surface area contributed by atoms with Crippen LogP contribution in [0.25, 0.3) is 0 Å². The number of hydrogen-bond donors (Lipinski definition) is 0. The lowest BCUT2D eigenvalue weighted by Crippen LogP contribution is -2.52. The Hall–Kier alpha value is -2.74. The Bertz CT molecular complexity index is 964. The highest BCUT2D eigenvalue weighted by Gasteiger charge is 2.36. The van der Waals surface area contributed by atoms with Crippen molar-refractivity contribution in [1.82, 2.24) is 4.90 Å². The molecule has 0 N–H and O–H groups in total. The van der Waals surface area contributed by atoms with Crippen LogP contribution in [0.2, 0.25) is 5.02 Å². The first-order valence-electron chi connectivity index (χ1n) is 9.73. The molecule has 1 aliphatic heterocycles. The van der Waals surface area contributed by atoms with Crippen LogP contribution in [0.4, 0.5) is 18.9 Å². The van der Waals surface area contributed by atoms with E-state index in [1.54, 1.807) is 12.1 Å². The first kappa shape index (κ1) is 24.5. The summed E-state index contributed by atoms with van der Waals surface area (Å²) in [5, 5.41) is -0.666. The summed E-state index contributed by atoms with van der Waals surface area (Å²) in [5.41, 5.74) is 0.153. The van der Waals surface area contributed by atoms with Crippen molar-refractivity contribution in [3.63, 3.8) is 0 Å². The molecule has 0 bridgehead atoms. The van der Waals surface area contributed by atoms with E-state index in [0.717, 1.165) is 17.7 Å². The van der Waals surface area contributed by atoms with Gasteiger partial charge in [0, 0.05) is 13.1 Å². The minimum absolute atomic E-state index is 0.147. The van der Waals surface area contributed by atoms with Gasteiger partial charge >= 0.3 is 6.18 Å². The molecular weight excluding hydrogens is 433 g/mol. The summed E-state index contributed by atoms with van der Waals surface area (Å²) < 4.78 is 44.5. The molecule has 1 aliphatic rings. The van der Waals surface area contributed by atoms with Gasteiger partial charge in [-0.15, -0.1) is 0 Å². The lowest BCUT2D eigenvalue weighted by molar-refractivity contribution is -0.137. The number of rotatable bonds is 3. The van der Waals surface area contributed by atoms with Gasteiger partial charge in [-0.3, -0.25) is 9.59 Å². The van der Waals surface area contributed by atoms with Crippen LogP contribution in [0.1, 0.15) is 35.3 Å². The largest absolute Gasteiger partial charge is 0.495 e. The van der Waals surface area contributed by atoms with Crippen molar-refractivity contribution in [1.29, 1.82) is 0 Å². The summed E-state index contributed by atoms with van der Waals surface area (Å²) in [7, 11) is 1.49. The highest BCUT2D eigenvalue weighted by Crippen LogP contribution is 2.37. The van der Waals surface area contributed by atoms with Crippen LogP contribution < -0.4 is 9.64 Å². The molecule has 3 rings (SSSR count). The van der Waals surface area contributed by atoms with Gasteiger partial charge in [-0.05, 0) is 36.8 Å². The Morgan fingerprint density at radius 3 is 2.39 bits per heavy atom. The fraction of sp³-hybridized carbons (Fsp3) is 0.364. The molecule has 0 spiro atoms. The summed E-state index contributed by atoms with van der Waals surface area (Å²) in [6.45, 7) is 5.93. The number of piperazine rings is 1. The van der Waals surface area contributed by atoms with Crippen LogP contribution in [-0.4, -0.2) is 43.5 Å². The average Bonchev–Trinajstić information content (AvgIpc) is 2.74. The molecular formula is C22H24ClF3N2O3. The predicted octanol–water partition coefficient (Wildman–Crippen LogP) is 5.19. The van der Waals surface area contributed by atoms with Crippen LogP contribution in [-0.2, 0) is 11.0 Å². The standard InChI is InChI=1S/C20H18ClF3N2O3.C2H6/c1-12-6-7-16(29-2)15(10-12)26-9-8-25(11-17(26)27)19(28)13-4-3-5-14(18(13)21)20(22,23)24;1-2/h3-7,10H,8-9,11H2,1-2H3;1-2H3. The van der Waals surface area contributed by atoms with E-state index in [2.05, 4.69) is 0 Å². The van der Waals surface area contributed by atoms with Crippen LogP contribution in [0, 0.1) is 6.92 Å². The van der Waals surface area contributed by atoms with E-state index in [0.29, 0.717) is 11.4 Å². The third-order valence-electron chi connectivity index (χ3n) is 4.67. The molecule has 0 saturated carbocycles. The number of benzene rings is 2. The second kappa shape index (κ2) is 10.0. The molecule has 0 aromatic heterocycles. The van der Waals surface area contributed by atoms with Gasteiger partial charge in [-0.2, -0.15) is 13.2 Å². The molecule has 2 aromatic carbocycles. The average molecular weight is 457 g/mol. The monoisotopic (exact) mass is 456 g/mol. The molecule has 0 unspecified atom stereocenters. The summed E-state index contributed by atoms with van der Waals surface area (Å²) >= 11 is 5.85. The number of amides is 2. The summed E-state index contributed by atoms with van der Waals surface area (Å²) in [4.78, 5) is 28.1. The normalized spacial score (nSPS) is 14.1. The number of halogens is 4. The molecule has 9 heteroatoms. The van der Waals surface area contributed by atoms with Gasteiger partial charge in [0.2, 0.25) is 5.91 Å². The summed E-state index contributed by atoms with van der Waals surface area (Å²) in [5.74, 6) is -0.563. The van der Waals surface area contributed by atoms with Gasteiger partial charge < -0.3 is 14.5 Å². The van der Waals surface area contributed by atoms with Crippen LogP contribution in [0.15, 0.2) is 36.4 Å². The Morgan fingerprint density at radius 2 is 1.81 bits per heavy atom. The van der Waals surface area contributed by atoms with Crippen molar-refractivity contribution in [2.75, 3.05) is 31.6 Å². The third kappa shape index (κ3) is 5.31. The van der Waals surface area contributed by atoms with E-state index in [1.165, 1.54) is 23.0 Å². The van der Waals surface area contributed by atoms with E-state index in [9.17, 15) is 22.8 Å². The molecule has 1 fully saturated rings. The summed E-state index contributed by atoms with van der Waals surface area (Å²) in [6.07, 6.45) is -4.68. The van der Waals surface area contributed by atoms with Crippen molar-refractivity contribution in [2.24, 2.45) is 0 Å². The third-order valence-corrected chi connectivity index (χ3v) is 5.07. The van der Waals surface area contributed by atoms with E-state index >= 15 is 0 Å². The van der Waals surface area contributed by atoms with Gasteiger partial charge in [0.1, 0.15) is 12.3 Å². The van der Waals surface area contributed by atoms with Crippen molar-refractivity contribution in [3.8, 4) is 5.75 Å². The molecule has 0 atom stereocenters. The zero-order valence-corrected chi connectivity index (χ0v) is 18.5. The predicted molar refractivity (Wildman–Crippen MR) is 114 cm³/mol. The van der Waals surface area contributed by atoms with Gasteiger partial charge in [-0.25, -0.2) is 0 Å². The molecule has 2 amide bonds. The highest BCUT2D eigenvalue weighted by molar-refractivity contribution is 6.34. The number of anilines is 1. The maximum absolute atomic E-state index is 13.1. The lowest BCUT2D eigenvalue weighted by atomic mass is 10.1. The number of aryl methyl sites for hydroxylation is 1. The first-order valence-corrected chi connectivity index (χ1v) is 10.1. The molecule has 2 aromatic rings. The zero-order chi connectivity index (χ0) is 23.3. The van der Waals surface area contributed by atoms with E-state index in [-0.39, 0.29) is 31.1 Å². The van der Waals surface area contributed by atoms with Gasteiger partial charge in [-0.1, -0.05) is 37.6 Å². The molecule has 1 heterocycles.